The number of nitrogens with zero attached hydrogens (tertiary/aromatic N) is 2. The fourth-order valence-corrected chi connectivity index (χ4v) is 2.32. The Morgan fingerprint density at radius 1 is 1.30 bits per heavy atom. The van der Waals surface area contributed by atoms with E-state index < -0.39 is 0 Å². The number of aromatic nitrogens is 2. The first kappa shape index (κ1) is 14.7. The standard InChI is InChI=1S/C13H15FN4OS/c1-2-19-8-12-16-11(18-15)7-13(17-12)20-10-5-3-9(14)4-6-10/h3-7H,2,8,15H2,1H3,(H,16,17,18). The molecule has 7 heteroatoms. The highest BCUT2D eigenvalue weighted by Gasteiger charge is 2.06. The van der Waals surface area contributed by atoms with Gasteiger partial charge in [-0.1, -0.05) is 11.8 Å². The molecule has 3 N–H and O–H groups in total. The molecule has 0 saturated carbocycles. The van der Waals surface area contributed by atoms with Gasteiger partial charge >= 0.3 is 0 Å². The number of hydrogen-bond donors (Lipinski definition) is 2. The van der Waals surface area contributed by atoms with E-state index in [2.05, 4.69) is 15.4 Å². The molecule has 2 rings (SSSR count). The molecule has 0 amide bonds. The molecule has 0 radical (unpaired) electrons. The van der Waals surface area contributed by atoms with Crippen LogP contribution in [0.4, 0.5) is 10.2 Å². The van der Waals surface area contributed by atoms with E-state index in [4.69, 9.17) is 10.6 Å². The summed E-state index contributed by atoms with van der Waals surface area (Å²) in [4.78, 5) is 9.46. The largest absolute Gasteiger partial charge is 0.374 e. The van der Waals surface area contributed by atoms with E-state index in [1.165, 1.54) is 23.9 Å². The molecule has 1 aromatic heterocycles. The summed E-state index contributed by atoms with van der Waals surface area (Å²) in [6.07, 6.45) is 0. The SMILES string of the molecule is CCOCc1nc(NN)cc(Sc2ccc(F)cc2)n1. The lowest BCUT2D eigenvalue weighted by atomic mass is 10.4. The maximum atomic E-state index is 12.9. The van der Waals surface area contributed by atoms with Crippen molar-refractivity contribution >= 4 is 17.6 Å². The highest BCUT2D eigenvalue weighted by molar-refractivity contribution is 7.99. The van der Waals surface area contributed by atoms with Gasteiger partial charge in [-0.05, 0) is 31.2 Å². The number of halogens is 1. The second kappa shape index (κ2) is 7.18. The number of anilines is 1. The van der Waals surface area contributed by atoms with Crippen LogP contribution in [0.1, 0.15) is 12.7 Å². The monoisotopic (exact) mass is 294 g/mol. The van der Waals surface area contributed by atoms with Crippen LogP contribution < -0.4 is 11.3 Å². The molecule has 20 heavy (non-hydrogen) atoms. The van der Waals surface area contributed by atoms with Crippen molar-refractivity contribution in [3.05, 3.63) is 42.0 Å². The molecule has 2 aromatic rings. The summed E-state index contributed by atoms with van der Waals surface area (Å²) in [5, 5.41) is 0.717. The van der Waals surface area contributed by atoms with Crippen molar-refractivity contribution in [3.8, 4) is 0 Å². The number of nitrogens with two attached hydrogens (primary N) is 1. The molecule has 0 aliphatic carbocycles. The first-order chi connectivity index (χ1) is 9.71. The number of hydrogen-bond acceptors (Lipinski definition) is 6. The second-order valence-electron chi connectivity index (χ2n) is 3.85. The number of rotatable bonds is 6. The molecule has 0 aliphatic rings. The lowest BCUT2D eigenvalue weighted by Gasteiger charge is -2.07. The molecule has 1 aromatic carbocycles. The number of nitrogens with one attached hydrogen (secondary N) is 1. The number of benzene rings is 1. The van der Waals surface area contributed by atoms with Gasteiger partial charge in [0, 0.05) is 17.6 Å². The molecule has 0 bridgehead atoms. The Kier molecular flexibility index (Phi) is 5.28. The van der Waals surface area contributed by atoms with Crippen LogP contribution in [0.25, 0.3) is 0 Å². The van der Waals surface area contributed by atoms with E-state index in [0.29, 0.717) is 29.9 Å². The maximum absolute atomic E-state index is 12.9. The minimum atomic E-state index is -0.265. The molecule has 0 saturated heterocycles. The van der Waals surface area contributed by atoms with Crippen LogP contribution in [-0.2, 0) is 11.3 Å². The van der Waals surface area contributed by atoms with Crippen LogP contribution in [0, 0.1) is 5.82 Å². The first-order valence-electron chi connectivity index (χ1n) is 6.07. The molecule has 0 spiro atoms. The third kappa shape index (κ3) is 4.16. The van der Waals surface area contributed by atoms with Crippen LogP contribution in [0.3, 0.4) is 0 Å². The van der Waals surface area contributed by atoms with Gasteiger partial charge in [-0.25, -0.2) is 20.2 Å². The van der Waals surface area contributed by atoms with Gasteiger partial charge in [-0.3, -0.25) is 0 Å². The minimum absolute atomic E-state index is 0.265. The third-order valence-corrected chi connectivity index (χ3v) is 3.29. The van der Waals surface area contributed by atoms with Gasteiger partial charge in [0.15, 0.2) is 5.82 Å². The lowest BCUT2D eigenvalue weighted by Crippen LogP contribution is -2.11. The summed E-state index contributed by atoms with van der Waals surface area (Å²) in [6, 6.07) is 7.93. The lowest BCUT2D eigenvalue weighted by molar-refractivity contribution is 0.128. The van der Waals surface area contributed by atoms with Gasteiger partial charge < -0.3 is 10.2 Å². The summed E-state index contributed by atoms with van der Waals surface area (Å²) >= 11 is 1.40. The molecular formula is C13H15FN4OS. The van der Waals surface area contributed by atoms with Crippen molar-refractivity contribution in [2.75, 3.05) is 12.0 Å². The van der Waals surface area contributed by atoms with Gasteiger partial charge in [0.1, 0.15) is 23.3 Å². The molecule has 0 unspecified atom stereocenters. The molecule has 5 nitrogen and oxygen atoms in total. The fourth-order valence-electron chi connectivity index (χ4n) is 1.48. The number of ether oxygens (including phenoxy) is 1. The van der Waals surface area contributed by atoms with Crippen LogP contribution in [0.15, 0.2) is 40.3 Å². The molecule has 106 valence electrons. The van der Waals surface area contributed by atoms with Crippen molar-refractivity contribution in [1.82, 2.24) is 9.97 Å². The number of nitrogen functional groups attached to an aromatic ring is 1. The van der Waals surface area contributed by atoms with Crippen molar-refractivity contribution in [2.24, 2.45) is 5.84 Å². The zero-order valence-electron chi connectivity index (χ0n) is 11.0. The molecule has 0 atom stereocenters. The topological polar surface area (TPSA) is 73.1 Å². The molecular weight excluding hydrogens is 279 g/mol. The van der Waals surface area contributed by atoms with Gasteiger partial charge in [0.25, 0.3) is 0 Å². The van der Waals surface area contributed by atoms with E-state index >= 15 is 0 Å². The molecule has 0 fully saturated rings. The summed E-state index contributed by atoms with van der Waals surface area (Å²) in [6.45, 7) is 2.81. The highest BCUT2D eigenvalue weighted by Crippen LogP contribution is 2.27. The average molecular weight is 294 g/mol. The van der Waals surface area contributed by atoms with Crippen molar-refractivity contribution < 1.29 is 9.13 Å². The summed E-state index contributed by atoms with van der Waals surface area (Å²) < 4.78 is 18.2. The highest BCUT2D eigenvalue weighted by atomic mass is 32.2. The quantitative estimate of drug-likeness (QED) is 0.484. The first-order valence-corrected chi connectivity index (χ1v) is 6.88. The Morgan fingerprint density at radius 2 is 2.05 bits per heavy atom. The Morgan fingerprint density at radius 3 is 2.70 bits per heavy atom. The van der Waals surface area contributed by atoms with Crippen LogP contribution >= 0.6 is 11.8 Å². The van der Waals surface area contributed by atoms with Crippen molar-refractivity contribution in [2.45, 2.75) is 23.5 Å². The summed E-state index contributed by atoms with van der Waals surface area (Å²) in [5.41, 5.74) is 2.50. The Bertz CT molecular complexity index is 565. The van der Waals surface area contributed by atoms with E-state index in [-0.39, 0.29) is 5.82 Å². The normalized spacial score (nSPS) is 10.6. The van der Waals surface area contributed by atoms with Crippen molar-refractivity contribution in [1.29, 1.82) is 0 Å². The fraction of sp³-hybridized carbons (Fsp3) is 0.231. The van der Waals surface area contributed by atoms with Gasteiger partial charge in [-0.2, -0.15) is 0 Å². The van der Waals surface area contributed by atoms with Gasteiger partial charge in [0.2, 0.25) is 0 Å². The predicted octanol–water partition coefficient (Wildman–Crippen LogP) is 2.59. The van der Waals surface area contributed by atoms with E-state index in [1.54, 1.807) is 18.2 Å². The van der Waals surface area contributed by atoms with Crippen LogP contribution in [0.5, 0.6) is 0 Å². The van der Waals surface area contributed by atoms with E-state index in [9.17, 15) is 4.39 Å². The molecule has 0 aliphatic heterocycles. The smallest absolute Gasteiger partial charge is 0.157 e. The maximum Gasteiger partial charge on any atom is 0.157 e. The third-order valence-electron chi connectivity index (χ3n) is 2.37. The second-order valence-corrected chi connectivity index (χ2v) is 4.94. The Labute approximate surface area is 120 Å². The van der Waals surface area contributed by atoms with Crippen LogP contribution in [0.2, 0.25) is 0 Å². The zero-order valence-corrected chi connectivity index (χ0v) is 11.8. The van der Waals surface area contributed by atoms with E-state index in [0.717, 1.165) is 4.90 Å². The average Bonchev–Trinajstić information content (AvgIpc) is 2.47. The van der Waals surface area contributed by atoms with Gasteiger partial charge in [-0.15, -0.1) is 0 Å². The minimum Gasteiger partial charge on any atom is -0.374 e. The van der Waals surface area contributed by atoms with Crippen LogP contribution in [-0.4, -0.2) is 16.6 Å². The Hall–Kier alpha value is -1.70. The van der Waals surface area contributed by atoms with Crippen molar-refractivity contribution in [3.63, 3.8) is 0 Å². The number of hydrazine groups is 1. The van der Waals surface area contributed by atoms with Gasteiger partial charge in [0.05, 0.1) is 0 Å². The Balaban J connectivity index is 2.19. The predicted molar refractivity (Wildman–Crippen MR) is 75.7 cm³/mol. The molecule has 1 heterocycles. The summed E-state index contributed by atoms with van der Waals surface area (Å²) in [7, 11) is 0. The summed E-state index contributed by atoms with van der Waals surface area (Å²) in [5.74, 6) is 6.19. The zero-order chi connectivity index (χ0) is 14.4. The van der Waals surface area contributed by atoms with E-state index in [1.807, 2.05) is 6.92 Å².